The summed E-state index contributed by atoms with van der Waals surface area (Å²) < 4.78 is 0. The first-order chi connectivity index (χ1) is 3.68. The molecule has 0 fully saturated rings. The predicted octanol–water partition coefficient (Wildman–Crippen LogP) is 1.56. The Kier molecular flexibility index (Phi) is 3.02. The molecule has 0 aromatic carbocycles. The van der Waals surface area contributed by atoms with Crippen LogP contribution in [0.25, 0.3) is 0 Å². The molecule has 8 heavy (non-hydrogen) atoms. The summed E-state index contributed by atoms with van der Waals surface area (Å²) in [7, 11) is 0. The minimum atomic E-state index is -0.194. The molecule has 0 saturated carbocycles. The number of hydrogen-bond acceptors (Lipinski definition) is 1. The zero-order valence-electron chi connectivity index (χ0n) is 5.81. The highest BCUT2D eigenvalue weighted by Gasteiger charge is 2.18. The van der Waals surface area contributed by atoms with Crippen molar-refractivity contribution in [3.8, 4) is 0 Å². The second-order valence-electron chi connectivity index (χ2n) is 2.30. The molecule has 0 aromatic rings. The molecule has 0 atom stereocenters. The third-order valence-electron chi connectivity index (χ3n) is 1.76. The van der Waals surface area contributed by atoms with Crippen LogP contribution < -0.4 is 5.48 Å². The molecule has 0 spiro atoms. The van der Waals surface area contributed by atoms with Crippen molar-refractivity contribution in [1.82, 2.24) is 5.48 Å². The molecule has 2 heteroatoms. The van der Waals surface area contributed by atoms with Crippen molar-refractivity contribution in [2.45, 2.75) is 39.2 Å². The topological polar surface area (TPSA) is 34.3 Å². The van der Waals surface area contributed by atoms with E-state index in [1.165, 1.54) is 0 Å². The number of nitrogens with zero attached hydrogens (tertiary/aromatic N) is 1. The summed E-state index contributed by atoms with van der Waals surface area (Å²) in [4.78, 5) is 0. The predicted molar refractivity (Wildman–Crippen MR) is 32.9 cm³/mol. The third-order valence-corrected chi connectivity index (χ3v) is 1.76. The van der Waals surface area contributed by atoms with Crippen LogP contribution in [-0.4, -0.2) is 10.7 Å². The Balaban J connectivity index is 3.58. The summed E-state index contributed by atoms with van der Waals surface area (Å²) in [5.74, 6) is 0. The van der Waals surface area contributed by atoms with E-state index in [2.05, 4.69) is 5.48 Å². The first-order valence-corrected chi connectivity index (χ1v) is 3.04. The number of hydrogen-bond donors (Lipinski definition) is 1. The molecule has 0 unspecified atom stereocenters. The van der Waals surface area contributed by atoms with E-state index in [-0.39, 0.29) is 5.54 Å². The maximum absolute atomic E-state index is 8.41. The molecule has 2 nitrogen and oxygen atoms in total. The van der Waals surface area contributed by atoms with Gasteiger partial charge in [0.1, 0.15) is 0 Å². The minimum Gasteiger partial charge on any atom is -0.296 e. The SMILES string of the molecule is CCC(C)(CC)[N]O. The summed E-state index contributed by atoms with van der Waals surface area (Å²) in [6, 6.07) is 0. The van der Waals surface area contributed by atoms with Gasteiger partial charge < -0.3 is 0 Å². The van der Waals surface area contributed by atoms with Gasteiger partial charge in [0.25, 0.3) is 0 Å². The van der Waals surface area contributed by atoms with Crippen LogP contribution in [0.3, 0.4) is 0 Å². The van der Waals surface area contributed by atoms with Crippen LogP contribution in [0.1, 0.15) is 33.6 Å². The van der Waals surface area contributed by atoms with Gasteiger partial charge in [-0.05, 0) is 19.8 Å². The average Bonchev–Trinajstić information content (AvgIpc) is 1.87. The lowest BCUT2D eigenvalue weighted by molar-refractivity contribution is 0.0560. The highest BCUT2D eigenvalue weighted by atomic mass is 16.5. The first kappa shape index (κ1) is 7.92. The zero-order chi connectivity index (χ0) is 6.62. The van der Waals surface area contributed by atoms with Crippen molar-refractivity contribution in [1.29, 1.82) is 0 Å². The lowest BCUT2D eigenvalue weighted by atomic mass is 9.97. The molecule has 0 rings (SSSR count). The van der Waals surface area contributed by atoms with E-state index >= 15 is 0 Å². The third kappa shape index (κ3) is 1.80. The van der Waals surface area contributed by atoms with Gasteiger partial charge in [0, 0.05) is 0 Å². The van der Waals surface area contributed by atoms with E-state index in [9.17, 15) is 0 Å². The fourth-order valence-corrected chi connectivity index (χ4v) is 0.391. The number of rotatable bonds is 3. The van der Waals surface area contributed by atoms with E-state index in [4.69, 9.17) is 5.21 Å². The molecule has 0 amide bonds. The molecule has 0 saturated heterocycles. The smallest absolute Gasteiger partial charge is 0.0612 e. The maximum atomic E-state index is 8.41. The summed E-state index contributed by atoms with van der Waals surface area (Å²) in [6.07, 6.45) is 1.81. The molecule has 0 heterocycles. The molecule has 1 N–H and O–H groups in total. The van der Waals surface area contributed by atoms with E-state index in [0.717, 1.165) is 12.8 Å². The highest BCUT2D eigenvalue weighted by Crippen LogP contribution is 2.12. The summed E-state index contributed by atoms with van der Waals surface area (Å²) >= 11 is 0. The lowest BCUT2D eigenvalue weighted by Gasteiger charge is -2.20. The monoisotopic (exact) mass is 116 g/mol. The molecule has 49 valence electrons. The Morgan fingerprint density at radius 2 is 1.75 bits per heavy atom. The van der Waals surface area contributed by atoms with Gasteiger partial charge in [0.05, 0.1) is 5.54 Å². The van der Waals surface area contributed by atoms with Gasteiger partial charge in [-0.2, -0.15) is 0 Å². The van der Waals surface area contributed by atoms with Crippen LogP contribution in [0.2, 0.25) is 0 Å². The fraction of sp³-hybridized carbons (Fsp3) is 1.00. The maximum Gasteiger partial charge on any atom is 0.0612 e. The molecule has 0 aliphatic carbocycles. The second-order valence-corrected chi connectivity index (χ2v) is 2.30. The van der Waals surface area contributed by atoms with Crippen molar-refractivity contribution < 1.29 is 5.21 Å². The van der Waals surface area contributed by atoms with E-state index < -0.39 is 0 Å². The molecule has 1 radical (unpaired) electrons. The minimum absolute atomic E-state index is 0.194. The van der Waals surface area contributed by atoms with Gasteiger partial charge >= 0.3 is 0 Å². The van der Waals surface area contributed by atoms with Crippen molar-refractivity contribution in [2.24, 2.45) is 0 Å². The Hall–Kier alpha value is -0.0800. The molecule has 0 bridgehead atoms. The van der Waals surface area contributed by atoms with Crippen molar-refractivity contribution >= 4 is 0 Å². The quantitative estimate of drug-likeness (QED) is 0.558. The average molecular weight is 116 g/mol. The molecule has 0 aliphatic heterocycles. The summed E-state index contributed by atoms with van der Waals surface area (Å²) in [5.41, 5.74) is 3.06. The van der Waals surface area contributed by atoms with Gasteiger partial charge in [-0.15, -0.1) is 0 Å². The van der Waals surface area contributed by atoms with E-state index in [0.29, 0.717) is 0 Å². The van der Waals surface area contributed by atoms with Gasteiger partial charge in [-0.1, -0.05) is 19.3 Å². The van der Waals surface area contributed by atoms with Gasteiger partial charge in [-0.3, -0.25) is 5.21 Å². The zero-order valence-corrected chi connectivity index (χ0v) is 5.81. The Morgan fingerprint density at radius 1 is 1.38 bits per heavy atom. The Bertz CT molecular complexity index is 51.3. The molecular formula is C6H14NO. The van der Waals surface area contributed by atoms with Gasteiger partial charge in [0.15, 0.2) is 0 Å². The normalized spacial score (nSPS) is 12.0. The fourth-order valence-electron chi connectivity index (χ4n) is 0.391. The van der Waals surface area contributed by atoms with Crippen LogP contribution in [0, 0.1) is 0 Å². The Morgan fingerprint density at radius 3 is 1.75 bits per heavy atom. The highest BCUT2D eigenvalue weighted by molar-refractivity contribution is 4.73. The van der Waals surface area contributed by atoms with Gasteiger partial charge in [0.2, 0.25) is 0 Å². The van der Waals surface area contributed by atoms with E-state index in [1.54, 1.807) is 0 Å². The first-order valence-electron chi connectivity index (χ1n) is 3.04. The standard InChI is InChI=1S/C6H14NO/c1-4-6(3,5-2)7-8/h8H,4-5H2,1-3H3. The molecular weight excluding hydrogens is 102 g/mol. The molecule has 0 aromatic heterocycles. The van der Waals surface area contributed by atoms with E-state index in [1.807, 2.05) is 20.8 Å². The number of hydroxylamine groups is 1. The summed E-state index contributed by atoms with van der Waals surface area (Å²) in [5, 5.41) is 8.41. The van der Waals surface area contributed by atoms with Gasteiger partial charge in [-0.25, -0.2) is 0 Å². The van der Waals surface area contributed by atoms with Crippen molar-refractivity contribution in [3.63, 3.8) is 0 Å². The molecule has 0 aliphatic rings. The van der Waals surface area contributed by atoms with Crippen molar-refractivity contribution in [2.75, 3.05) is 0 Å². The second kappa shape index (κ2) is 3.05. The largest absolute Gasteiger partial charge is 0.296 e. The van der Waals surface area contributed by atoms with Crippen LogP contribution >= 0.6 is 0 Å². The Labute approximate surface area is 50.9 Å². The summed E-state index contributed by atoms with van der Waals surface area (Å²) in [6.45, 7) is 5.97. The van der Waals surface area contributed by atoms with Crippen LogP contribution in [0.15, 0.2) is 0 Å². The lowest BCUT2D eigenvalue weighted by Crippen LogP contribution is -2.32. The van der Waals surface area contributed by atoms with Crippen LogP contribution in [-0.2, 0) is 0 Å². The van der Waals surface area contributed by atoms with Crippen LogP contribution in [0.4, 0.5) is 0 Å². The van der Waals surface area contributed by atoms with Crippen molar-refractivity contribution in [3.05, 3.63) is 0 Å². The van der Waals surface area contributed by atoms with Crippen LogP contribution in [0.5, 0.6) is 0 Å².